The molecule has 1 unspecified atom stereocenters. The minimum atomic E-state index is -2.91. The van der Waals surface area contributed by atoms with Crippen LogP contribution in [0.3, 0.4) is 0 Å². The number of benzene rings is 5. The van der Waals surface area contributed by atoms with E-state index >= 15 is 0 Å². The molecule has 3 aliphatic carbocycles. The molecule has 0 radical (unpaired) electrons. The summed E-state index contributed by atoms with van der Waals surface area (Å²) in [5.74, 6) is 0. The molecular weight excluding hydrogens is 776 g/mol. The number of hydrogen-bond acceptors (Lipinski definition) is 0. The number of hydrogen-bond donors (Lipinski definition) is 0. The molecule has 5 aromatic rings. The van der Waals surface area contributed by atoms with Gasteiger partial charge < -0.3 is 0 Å². The van der Waals surface area contributed by atoms with Gasteiger partial charge in [-0.05, 0) is 0 Å². The van der Waals surface area contributed by atoms with Crippen LogP contribution in [0.1, 0.15) is 101 Å². The summed E-state index contributed by atoms with van der Waals surface area (Å²) in [5, 5.41) is 2.79. The topological polar surface area (TPSA) is 0 Å². The van der Waals surface area contributed by atoms with Gasteiger partial charge in [0.25, 0.3) is 0 Å². The molecular formula is C57H60Zr. The Labute approximate surface area is 356 Å². The Hall–Kier alpha value is -4.45. The minimum absolute atomic E-state index is 0.106. The van der Waals surface area contributed by atoms with Crippen LogP contribution in [0.4, 0.5) is 0 Å². The zero-order chi connectivity index (χ0) is 40.5. The standard InChI is InChI=1S/C37H41.C15H14.C5H5.Zr/c1-8-9-20-37(7)25-28-22-27-21-26(2)33(35(3,4)29-16-12-10-13-17-29)23-31(27)32(28)24-34(37)36(5,6)30-18-14-11-15-19-30;1-3-8-14(9-4-1)12-7-13-15-10-5-2-6-11-15;1-2-4-5-3-1;/h10-19,21-24H,8-9,20H2,1-7H3;1-6,8-11H,12-13H2;1-3H,4H2;. The first-order valence-electron chi connectivity index (χ1n) is 21.6. The van der Waals surface area contributed by atoms with E-state index in [2.05, 4.69) is 212 Å². The number of rotatable bonds is 13. The molecule has 0 fully saturated rings. The predicted octanol–water partition coefficient (Wildman–Crippen LogP) is 12.8. The Morgan fingerprint density at radius 3 is 1.76 bits per heavy atom. The molecule has 58 heavy (non-hydrogen) atoms. The van der Waals surface area contributed by atoms with E-state index in [9.17, 15) is 0 Å². The fourth-order valence-electron chi connectivity index (χ4n) is 10.4. The first-order chi connectivity index (χ1) is 28.0. The zero-order valence-corrected chi connectivity index (χ0v) is 38.3. The average molecular weight is 836 g/mol. The van der Waals surface area contributed by atoms with Crippen molar-refractivity contribution in [2.24, 2.45) is 5.41 Å². The molecule has 0 saturated heterocycles. The van der Waals surface area contributed by atoms with Gasteiger partial charge in [-0.3, -0.25) is 0 Å². The Balaban J connectivity index is 1.50. The summed E-state index contributed by atoms with van der Waals surface area (Å²) < 4.78 is 5.30. The van der Waals surface area contributed by atoms with Crippen molar-refractivity contribution >= 4 is 14.9 Å². The fourth-order valence-corrected chi connectivity index (χ4v) is 19.7. The summed E-state index contributed by atoms with van der Waals surface area (Å²) in [7, 11) is 0. The van der Waals surface area contributed by atoms with Gasteiger partial charge >= 0.3 is 359 Å². The molecule has 0 nitrogen and oxygen atoms in total. The summed E-state index contributed by atoms with van der Waals surface area (Å²) >= 11 is -2.91. The number of aryl methyl sites for hydroxylation is 1. The van der Waals surface area contributed by atoms with Crippen LogP contribution in [-0.2, 0) is 44.9 Å². The van der Waals surface area contributed by atoms with Crippen molar-refractivity contribution in [2.45, 2.75) is 97.8 Å². The molecule has 0 saturated carbocycles. The normalized spacial score (nSPS) is 17.4. The van der Waals surface area contributed by atoms with Crippen LogP contribution in [0.2, 0.25) is 0 Å². The van der Waals surface area contributed by atoms with E-state index in [4.69, 9.17) is 0 Å². The van der Waals surface area contributed by atoms with Crippen molar-refractivity contribution < 1.29 is 21.3 Å². The van der Waals surface area contributed by atoms with Crippen molar-refractivity contribution in [1.29, 1.82) is 0 Å². The van der Waals surface area contributed by atoms with Gasteiger partial charge in [-0.1, -0.05) is 0 Å². The number of allylic oxidation sites excluding steroid dienone is 8. The molecule has 1 atom stereocenters. The van der Waals surface area contributed by atoms with Crippen LogP contribution in [0.15, 0.2) is 175 Å². The summed E-state index contributed by atoms with van der Waals surface area (Å²) in [6.07, 6.45) is 19.4. The zero-order valence-electron chi connectivity index (χ0n) is 35.8. The predicted molar refractivity (Wildman–Crippen MR) is 246 cm³/mol. The van der Waals surface area contributed by atoms with Crippen molar-refractivity contribution in [3.05, 3.63) is 219 Å². The third-order valence-electron chi connectivity index (χ3n) is 13.6. The molecule has 0 heterocycles. The molecule has 5 aromatic carbocycles. The molecule has 0 amide bonds. The molecule has 1 heteroatoms. The van der Waals surface area contributed by atoms with E-state index in [1.807, 2.05) is 0 Å². The van der Waals surface area contributed by atoms with Crippen LogP contribution in [0, 0.1) is 12.3 Å². The van der Waals surface area contributed by atoms with Gasteiger partial charge in [-0.25, -0.2) is 0 Å². The van der Waals surface area contributed by atoms with Gasteiger partial charge in [0.2, 0.25) is 0 Å². The Morgan fingerprint density at radius 2 is 1.22 bits per heavy atom. The molecule has 0 aliphatic heterocycles. The van der Waals surface area contributed by atoms with Crippen molar-refractivity contribution in [2.75, 3.05) is 0 Å². The summed E-state index contributed by atoms with van der Waals surface area (Å²) in [6.45, 7) is 17.2. The maximum absolute atomic E-state index is 2.91. The quantitative estimate of drug-likeness (QED) is 0.111. The monoisotopic (exact) mass is 834 g/mol. The Kier molecular flexibility index (Phi) is 11.6. The van der Waals surface area contributed by atoms with Crippen molar-refractivity contribution in [3.8, 4) is 0 Å². The first kappa shape index (κ1) is 40.3. The molecule has 0 aromatic heterocycles. The van der Waals surface area contributed by atoms with Gasteiger partial charge in [-0.15, -0.1) is 0 Å². The number of fused-ring (bicyclic) bond motifs is 2. The molecule has 8 rings (SSSR count). The third-order valence-corrected chi connectivity index (χ3v) is 21.9. The summed E-state index contributed by atoms with van der Waals surface area (Å²) in [5.41, 5.74) is 12.6. The van der Waals surface area contributed by atoms with E-state index < -0.39 is 21.3 Å². The van der Waals surface area contributed by atoms with Crippen molar-refractivity contribution in [3.63, 3.8) is 0 Å². The molecule has 0 bridgehead atoms. The Bertz CT molecular complexity index is 2550. The van der Waals surface area contributed by atoms with Gasteiger partial charge in [0.1, 0.15) is 0 Å². The van der Waals surface area contributed by atoms with Gasteiger partial charge in [0.15, 0.2) is 0 Å². The van der Waals surface area contributed by atoms with Crippen LogP contribution < -0.4 is 10.4 Å². The SMILES string of the molecule is CCCCC1(C)C(C(C)(C)c2ccccc2)=CC2=c3cc(C(C)(C)c4ccccc4)c(C)cc3=CC2=[C]1[Zr]([C]1=CC=CC1)=[C](Cc1ccccc1)Cc1ccccc1. The molecule has 0 spiro atoms. The summed E-state index contributed by atoms with van der Waals surface area (Å²) in [4.78, 5) is 0. The van der Waals surface area contributed by atoms with Gasteiger partial charge in [0, 0.05) is 0 Å². The second kappa shape index (κ2) is 16.7. The molecule has 3 aliphatic rings. The van der Waals surface area contributed by atoms with E-state index in [1.54, 1.807) is 15.3 Å². The Morgan fingerprint density at radius 1 is 0.672 bits per heavy atom. The molecule has 292 valence electrons. The summed E-state index contributed by atoms with van der Waals surface area (Å²) in [6, 6.07) is 50.3. The second-order valence-corrected chi connectivity index (χ2v) is 24.6. The van der Waals surface area contributed by atoms with Gasteiger partial charge in [0.05, 0.1) is 0 Å². The van der Waals surface area contributed by atoms with E-state index in [0.717, 1.165) is 25.7 Å². The second-order valence-electron chi connectivity index (χ2n) is 18.2. The van der Waals surface area contributed by atoms with E-state index in [-0.39, 0.29) is 16.2 Å². The van der Waals surface area contributed by atoms with E-state index in [0.29, 0.717) is 0 Å². The third kappa shape index (κ3) is 7.61. The van der Waals surface area contributed by atoms with Gasteiger partial charge in [-0.2, -0.15) is 0 Å². The van der Waals surface area contributed by atoms with Crippen LogP contribution in [-0.4, -0.2) is 3.21 Å². The maximum atomic E-state index is 2.70. The first-order valence-corrected chi connectivity index (χ1v) is 25.3. The number of unbranched alkanes of at least 4 members (excludes halogenated alkanes) is 1. The van der Waals surface area contributed by atoms with Crippen LogP contribution in [0.5, 0.6) is 0 Å². The van der Waals surface area contributed by atoms with Crippen LogP contribution in [0.25, 0.3) is 11.6 Å². The van der Waals surface area contributed by atoms with Crippen LogP contribution >= 0.6 is 0 Å². The average Bonchev–Trinajstić information content (AvgIpc) is 3.90. The molecule has 0 N–H and O–H groups in total. The van der Waals surface area contributed by atoms with Crippen molar-refractivity contribution in [1.82, 2.24) is 0 Å². The van der Waals surface area contributed by atoms with E-state index in [1.165, 1.54) is 67.8 Å². The fraction of sp³-hybridized carbons (Fsp3) is 0.281.